The quantitative estimate of drug-likeness (QED) is 0.783. The summed E-state index contributed by atoms with van der Waals surface area (Å²) in [6.45, 7) is 1.54. The molecule has 1 aliphatic rings. The number of fused-ring (bicyclic) bond motifs is 1. The number of rotatable bonds is 2. The van der Waals surface area contributed by atoms with Crippen LogP contribution in [-0.2, 0) is 4.79 Å². The number of anilines is 1. The topological polar surface area (TPSA) is 70.0 Å². The molecule has 17 heavy (non-hydrogen) atoms. The predicted molar refractivity (Wildman–Crippen MR) is 62.0 cm³/mol. The van der Waals surface area contributed by atoms with Gasteiger partial charge in [-0.25, -0.2) is 0 Å². The zero-order valence-corrected chi connectivity index (χ0v) is 9.75. The second-order valence-electron chi connectivity index (χ2n) is 4.15. The fourth-order valence-corrected chi connectivity index (χ4v) is 1.75. The lowest BCUT2D eigenvalue weighted by atomic mass is 10.0. The number of aliphatic hydroxyl groups excluding tert-OH is 2. The number of hydrogen-bond acceptors (Lipinski definition) is 4. The first kappa shape index (κ1) is 11.9. The molecule has 2 rings (SSSR count). The van der Waals surface area contributed by atoms with Crippen LogP contribution in [0.3, 0.4) is 0 Å². The third kappa shape index (κ3) is 2.11. The van der Waals surface area contributed by atoms with Crippen LogP contribution in [0.1, 0.15) is 18.6 Å². The SMILES string of the molecule is CC(O)C(O)c1ccc2c(c1)N(C)C(=O)CO2. The number of ether oxygens (including phenoxy) is 1. The molecule has 1 aromatic rings. The van der Waals surface area contributed by atoms with Gasteiger partial charge in [0.05, 0.1) is 11.8 Å². The molecule has 1 heterocycles. The highest BCUT2D eigenvalue weighted by molar-refractivity contribution is 5.97. The monoisotopic (exact) mass is 237 g/mol. The maximum Gasteiger partial charge on any atom is 0.264 e. The number of likely N-dealkylation sites (N-methyl/N-ethyl adjacent to an activating group) is 1. The summed E-state index contributed by atoms with van der Waals surface area (Å²) in [5.74, 6) is 0.467. The lowest BCUT2D eigenvalue weighted by Crippen LogP contribution is -2.35. The molecule has 0 aliphatic carbocycles. The van der Waals surface area contributed by atoms with Crippen molar-refractivity contribution in [3.05, 3.63) is 23.8 Å². The minimum Gasteiger partial charge on any atom is -0.482 e. The summed E-state index contributed by atoms with van der Waals surface area (Å²) in [5, 5.41) is 19.1. The Morgan fingerprint density at radius 1 is 1.41 bits per heavy atom. The van der Waals surface area contributed by atoms with Crippen LogP contribution in [0.4, 0.5) is 5.69 Å². The molecule has 2 atom stereocenters. The van der Waals surface area contributed by atoms with Crippen molar-refractivity contribution in [1.82, 2.24) is 0 Å². The first-order valence-corrected chi connectivity index (χ1v) is 5.40. The Kier molecular flexibility index (Phi) is 3.04. The van der Waals surface area contributed by atoms with Gasteiger partial charge in [-0.2, -0.15) is 0 Å². The molecule has 0 fully saturated rings. The van der Waals surface area contributed by atoms with E-state index in [9.17, 15) is 15.0 Å². The average molecular weight is 237 g/mol. The zero-order valence-electron chi connectivity index (χ0n) is 9.75. The Hall–Kier alpha value is -1.59. The summed E-state index contributed by atoms with van der Waals surface area (Å²) in [6.07, 6.45) is -1.83. The van der Waals surface area contributed by atoms with Crippen LogP contribution < -0.4 is 9.64 Å². The van der Waals surface area contributed by atoms with Gasteiger partial charge in [0.2, 0.25) is 0 Å². The summed E-state index contributed by atoms with van der Waals surface area (Å²) in [5.41, 5.74) is 1.17. The van der Waals surface area contributed by atoms with Crippen molar-refractivity contribution in [2.24, 2.45) is 0 Å². The first-order chi connectivity index (χ1) is 8.00. The molecule has 0 radical (unpaired) electrons. The smallest absolute Gasteiger partial charge is 0.264 e. The van der Waals surface area contributed by atoms with E-state index >= 15 is 0 Å². The van der Waals surface area contributed by atoms with E-state index in [1.54, 1.807) is 25.2 Å². The standard InChI is InChI=1S/C12H15NO4/c1-7(14)12(16)8-3-4-10-9(5-8)13(2)11(15)6-17-10/h3-5,7,12,14,16H,6H2,1-2H3. The van der Waals surface area contributed by atoms with Crippen molar-refractivity contribution >= 4 is 11.6 Å². The fraction of sp³-hybridized carbons (Fsp3) is 0.417. The van der Waals surface area contributed by atoms with Crippen molar-refractivity contribution < 1.29 is 19.7 Å². The molecule has 2 unspecified atom stereocenters. The Morgan fingerprint density at radius 3 is 2.76 bits per heavy atom. The molecule has 92 valence electrons. The first-order valence-electron chi connectivity index (χ1n) is 5.40. The van der Waals surface area contributed by atoms with E-state index in [1.807, 2.05) is 0 Å². The van der Waals surface area contributed by atoms with Crippen LogP contribution in [0.25, 0.3) is 0 Å². The lowest BCUT2D eigenvalue weighted by Gasteiger charge is -2.27. The largest absolute Gasteiger partial charge is 0.482 e. The molecule has 5 nitrogen and oxygen atoms in total. The van der Waals surface area contributed by atoms with Crippen molar-refractivity contribution in [3.8, 4) is 5.75 Å². The van der Waals surface area contributed by atoms with Crippen molar-refractivity contribution in [3.63, 3.8) is 0 Å². The minimum atomic E-state index is -0.967. The van der Waals surface area contributed by atoms with Gasteiger partial charge >= 0.3 is 0 Å². The van der Waals surface area contributed by atoms with E-state index < -0.39 is 12.2 Å². The number of nitrogens with zero attached hydrogens (tertiary/aromatic N) is 1. The number of amides is 1. The van der Waals surface area contributed by atoms with Crippen LogP contribution in [0.15, 0.2) is 18.2 Å². The molecular weight excluding hydrogens is 222 g/mol. The highest BCUT2D eigenvalue weighted by Gasteiger charge is 2.24. The summed E-state index contributed by atoms with van der Waals surface area (Å²) in [4.78, 5) is 12.9. The number of carbonyl (C=O) groups excluding carboxylic acids is 1. The van der Waals surface area contributed by atoms with Crippen molar-refractivity contribution in [2.75, 3.05) is 18.6 Å². The molecular formula is C12H15NO4. The Balaban J connectivity index is 2.39. The van der Waals surface area contributed by atoms with Gasteiger partial charge in [0, 0.05) is 7.05 Å². The summed E-state index contributed by atoms with van der Waals surface area (Å²) in [6, 6.07) is 5.03. The van der Waals surface area contributed by atoms with E-state index in [1.165, 1.54) is 11.8 Å². The van der Waals surface area contributed by atoms with Crippen LogP contribution in [0.2, 0.25) is 0 Å². The maximum atomic E-state index is 11.5. The number of hydrogen-bond donors (Lipinski definition) is 2. The highest BCUT2D eigenvalue weighted by Crippen LogP contribution is 2.34. The number of benzene rings is 1. The molecule has 1 amide bonds. The van der Waals surface area contributed by atoms with Crippen molar-refractivity contribution in [1.29, 1.82) is 0 Å². The predicted octanol–water partition coefficient (Wildman–Crippen LogP) is 0.456. The molecule has 1 aliphatic heterocycles. The number of carbonyl (C=O) groups is 1. The van der Waals surface area contributed by atoms with Crippen molar-refractivity contribution in [2.45, 2.75) is 19.1 Å². The van der Waals surface area contributed by atoms with E-state index in [0.717, 1.165) is 0 Å². The molecule has 0 spiro atoms. The van der Waals surface area contributed by atoms with E-state index in [0.29, 0.717) is 17.0 Å². The third-order valence-corrected chi connectivity index (χ3v) is 2.87. The average Bonchev–Trinajstić information content (AvgIpc) is 2.32. The molecule has 2 N–H and O–H groups in total. The van der Waals surface area contributed by atoms with E-state index in [4.69, 9.17) is 4.74 Å². The van der Waals surface area contributed by atoms with Crippen LogP contribution in [0, 0.1) is 0 Å². The van der Waals surface area contributed by atoms with Crippen LogP contribution >= 0.6 is 0 Å². The normalized spacial score (nSPS) is 18.4. The Bertz CT molecular complexity index is 444. The van der Waals surface area contributed by atoms with E-state index in [-0.39, 0.29) is 12.5 Å². The molecule has 0 bridgehead atoms. The minimum absolute atomic E-state index is 0.0296. The second-order valence-corrected chi connectivity index (χ2v) is 4.15. The molecule has 1 aromatic carbocycles. The van der Waals surface area contributed by atoms with Crippen LogP contribution in [-0.4, -0.2) is 35.9 Å². The zero-order chi connectivity index (χ0) is 12.6. The van der Waals surface area contributed by atoms with Gasteiger partial charge < -0.3 is 19.8 Å². The van der Waals surface area contributed by atoms with Gasteiger partial charge in [-0.05, 0) is 24.6 Å². The molecule has 0 aromatic heterocycles. The number of aliphatic hydroxyl groups is 2. The van der Waals surface area contributed by atoms with Crippen LogP contribution in [0.5, 0.6) is 5.75 Å². The Morgan fingerprint density at radius 2 is 2.12 bits per heavy atom. The van der Waals surface area contributed by atoms with Gasteiger partial charge in [-0.15, -0.1) is 0 Å². The lowest BCUT2D eigenvalue weighted by molar-refractivity contribution is -0.120. The van der Waals surface area contributed by atoms with Gasteiger partial charge in [-0.3, -0.25) is 4.79 Å². The summed E-state index contributed by atoms with van der Waals surface area (Å²) >= 11 is 0. The highest BCUT2D eigenvalue weighted by atomic mass is 16.5. The Labute approximate surface area is 99.2 Å². The third-order valence-electron chi connectivity index (χ3n) is 2.87. The maximum absolute atomic E-state index is 11.5. The van der Waals surface area contributed by atoms with Gasteiger partial charge in [0.15, 0.2) is 6.61 Å². The summed E-state index contributed by atoms with van der Waals surface area (Å²) < 4.78 is 5.27. The molecule has 5 heteroatoms. The van der Waals surface area contributed by atoms with Gasteiger partial charge in [-0.1, -0.05) is 6.07 Å². The second kappa shape index (κ2) is 4.35. The van der Waals surface area contributed by atoms with Gasteiger partial charge in [0.25, 0.3) is 5.91 Å². The molecule has 0 saturated carbocycles. The molecule has 0 saturated heterocycles. The van der Waals surface area contributed by atoms with Gasteiger partial charge in [0.1, 0.15) is 11.9 Å². The van der Waals surface area contributed by atoms with E-state index in [2.05, 4.69) is 0 Å². The fourth-order valence-electron chi connectivity index (χ4n) is 1.75. The summed E-state index contributed by atoms with van der Waals surface area (Å²) in [7, 11) is 1.65.